The fourth-order valence-electron chi connectivity index (χ4n) is 2.02. The summed E-state index contributed by atoms with van der Waals surface area (Å²) in [5.41, 5.74) is 0.651. The minimum atomic E-state index is -0.718. The van der Waals surface area contributed by atoms with Crippen LogP contribution in [0.2, 0.25) is 0 Å². The maximum Gasteiger partial charge on any atom is 0.328 e. The number of rotatable bonds is 9. The molecule has 0 aromatic heterocycles. The van der Waals surface area contributed by atoms with Crippen molar-refractivity contribution in [2.45, 2.75) is 26.3 Å². The number of ether oxygens (including phenoxy) is 2. The first-order valence-electron chi connectivity index (χ1n) is 7.72. The molecule has 1 unspecified atom stereocenters. The third kappa shape index (κ3) is 7.73. The molecule has 0 spiro atoms. The van der Waals surface area contributed by atoms with Gasteiger partial charge in [0.05, 0.1) is 7.11 Å². The smallest absolute Gasteiger partial charge is 0.328 e. The van der Waals surface area contributed by atoms with Crippen LogP contribution in [0.4, 0.5) is 5.69 Å². The van der Waals surface area contributed by atoms with E-state index in [4.69, 9.17) is 4.74 Å². The van der Waals surface area contributed by atoms with E-state index >= 15 is 0 Å². The van der Waals surface area contributed by atoms with Crippen molar-refractivity contribution < 1.29 is 23.9 Å². The Balaban J connectivity index is 2.34. The molecular weight excluding hydrogens is 312 g/mol. The summed E-state index contributed by atoms with van der Waals surface area (Å²) < 4.78 is 9.74. The fraction of sp³-hybridized carbons (Fsp3) is 0.471. The van der Waals surface area contributed by atoms with Crippen LogP contribution in [0, 0.1) is 5.92 Å². The van der Waals surface area contributed by atoms with Gasteiger partial charge in [-0.25, -0.2) is 4.79 Å². The van der Waals surface area contributed by atoms with Crippen LogP contribution in [0.3, 0.4) is 0 Å². The van der Waals surface area contributed by atoms with Crippen molar-refractivity contribution in [1.29, 1.82) is 0 Å². The summed E-state index contributed by atoms with van der Waals surface area (Å²) in [6, 6.07) is 8.21. The van der Waals surface area contributed by atoms with Gasteiger partial charge in [0.15, 0.2) is 0 Å². The molecule has 1 atom stereocenters. The van der Waals surface area contributed by atoms with Crippen LogP contribution in [-0.4, -0.2) is 44.1 Å². The van der Waals surface area contributed by atoms with Gasteiger partial charge in [0.1, 0.15) is 19.3 Å². The van der Waals surface area contributed by atoms with E-state index in [2.05, 4.69) is 15.4 Å². The molecule has 1 aromatic rings. The number of carbonyl (C=O) groups is 3. The van der Waals surface area contributed by atoms with Crippen molar-refractivity contribution >= 4 is 23.5 Å². The molecule has 0 saturated carbocycles. The van der Waals surface area contributed by atoms with Gasteiger partial charge >= 0.3 is 5.97 Å². The molecule has 0 fully saturated rings. The number of benzene rings is 1. The first-order valence-corrected chi connectivity index (χ1v) is 7.72. The molecule has 0 bridgehead atoms. The quantitative estimate of drug-likeness (QED) is 0.664. The number of carbonyl (C=O) groups excluding carboxylic acids is 3. The Morgan fingerprint density at radius 2 is 1.67 bits per heavy atom. The zero-order chi connectivity index (χ0) is 17.9. The monoisotopic (exact) mass is 336 g/mol. The number of hydrogen-bond donors (Lipinski definition) is 2. The molecule has 2 amide bonds. The highest BCUT2D eigenvalue weighted by molar-refractivity contribution is 5.92. The summed E-state index contributed by atoms with van der Waals surface area (Å²) in [6.45, 7) is 3.31. The molecule has 7 nitrogen and oxygen atoms in total. The summed E-state index contributed by atoms with van der Waals surface area (Å²) in [4.78, 5) is 35.1. The normalized spacial score (nSPS) is 11.7. The molecule has 2 N–H and O–H groups in total. The SMILES string of the molecule is COC(=O)C(CC(C)C)NC(=O)COCC(=O)Nc1ccccc1. The largest absolute Gasteiger partial charge is 0.467 e. The van der Waals surface area contributed by atoms with Crippen LogP contribution < -0.4 is 10.6 Å². The first-order chi connectivity index (χ1) is 11.4. The van der Waals surface area contributed by atoms with Crippen molar-refractivity contribution in [3.63, 3.8) is 0 Å². The number of para-hydroxylation sites is 1. The molecule has 0 radical (unpaired) electrons. The summed E-state index contributed by atoms with van der Waals surface area (Å²) in [6.07, 6.45) is 0.465. The van der Waals surface area contributed by atoms with Crippen LogP contribution in [0.15, 0.2) is 30.3 Å². The lowest BCUT2D eigenvalue weighted by Gasteiger charge is -2.18. The van der Waals surface area contributed by atoms with Crippen LogP contribution >= 0.6 is 0 Å². The minimum absolute atomic E-state index is 0.215. The summed E-state index contributed by atoms with van der Waals surface area (Å²) in [5, 5.41) is 5.19. The third-order valence-electron chi connectivity index (χ3n) is 3.05. The van der Waals surface area contributed by atoms with Crippen LogP contribution in [-0.2, 0) is 23.9 Å². The van der Waals surface area contributed by atoms with Gasteiger partial charge in [-0.1, -0.05) is 32.0 Å². The highest BCUT2D eigenvalue weighted by Gasteiger charge is 2.22. The van der Waals surface area contributed by atoms with Crippen LogP contribution in [0.1, 0.15) is 20.3 Å². The summed E-state index contributed by atoms with van der Waals surface area (Å²) in [5.74, 6) is -1.12. The van der Waals surface area contributed by atoms with E-state index < -0.39 is 17.9 Å². The van der Waals surface area contributed by atoms with Gasteiger partial charge in [0.25, 0.3) is 0 Å². The molecule has 0 saturated heterocycles. The van der Waals surface area contributed by atoms with Crippen molar-refractivity contribution in [1.82, 2.24) is 5.32 Å². The molecule has 1 rings (SSSR count). The van der Waals surface area contributed by atoms with E-state index in [1.165, 1.54) is 7.11 Å². The predicted octanol–water partition coefficient (Wildman–Crippen LogP) is 1.35. The maximum absolute atomic E-state index is 11.8. The molecule has 0 heterocycles. The predicted molar refractivity (Wildman–Crippen MR) is 89.3 cm³/mol. The molecule has 0 aliphatic rings. The first kappa shape index (κ1) is 19.6. The lowest BCUT2D eigenvalue weighted by Crippen LogP contribution is -2.44. The second-order valence-electron chi connectivity index (χ2n) is 5.68. The second-order valence-corrected chi connectivity index (χ2v) is 5.68. The Morgan fingerprint density at radius 3 is 2.25 bits per heavy atom. The van der Waals surface area contributed by atoms with Gasteiger partial charge in [-0.05, 0) is 24.5 Å². The standard InChI is InChI=1S/C17H24N2O5/c1-12(2)9-14(17(22)23-3)19-16(21)11-24-10-15(20)18-13-7-5-4-6-8-13/h4-8,12,14H,9-11H2,1-3H3,(H,18,20)(H,19,21). The number of hydrogen-bond acceptors (Lipinski definition) is 5. The van der Waals surface area contributed by atoms with E-state index in [-0.39, 0.29) is 25.0 Å². The molecule has 24 heavy (non-hydrogen) atoms. The highest BCUT2D eigenvalue weighted by Crippen LogP contribution is 2.06. The Labute approximate surface area is 141 Å². The number of nitrogens with one attached hydrogen (secondary N) is 2. The van der Waals surface area contributed by atoms with Crippen molar-refractivity contribution in [2.24, 2.45) is 5.92 Å². The topological polar surface area (TPSA) is 93.7 Å². The molecule has 1 aromatic carbocycles. The van der Waals surface area contributed by atoms with E-state index in [1.54, 1.807) is 24.3 Å². The van der Waals surface area contributed by atoms with E-state index in [1.807, 2.05) is 19.9 Å². The molecular formula is C17H24N2O5. The zero-order valence-corrected chi connectivity index (χ0v) is 14.2. The maximum atomic E-state index is 11.8. The Bertz CT molecular complexity index is 545. The zero-order valence-electron chi connectivity index (χ0n) is 14.2. The van der Waals surface area contributed by atoms with Gasteiger partial charge in [-0.3, -0.25) is 9.59 Å². The number of anilines is 1. The Morgan fingerprint density at radius 1 is 1.04 bits per heavy atom. The van der Waals surface area contributed by atoms with Gasteiger partial charge < -0.3 is 20.1 Å². The lowest BCUT2D eigenvalue weighted by molar-refractivity contribution is -0.146. The van der Waals surface area contributed by atoms with Gasteiger partial charge in [0, 0.05) is 5.69 Å². The molecule has 7 heteroatoms. The van der Waals surface area contributed by atoms with E-state index in [9.17, 15) is 14.4 Å². The Kier molecular flexibility index (Phi) is 8.49. The van der Waals surface area contributed by atoms with Crippen molar-refractivity contribution in [3.05, 3.63) is 30.3 Å². The van der Waals surface area contributed by atoms with Crippen molar-refractivity contribution in [2.75, 3.05) is 25.6 Å². The molecule has 132 valence electrons. The average Bonchev–Trinajstić information content (AvgIpc) is 2.54. The van der Waals surface area contributed by atoms with Gasteiger partial charge in [0.2, 0.25) is 11.8 Å². The molecule has 0 aliphatic carbocycles. The number of methoxy groups -OCH3 is 1. The van der Waals surface area contributed by atoms with Crippen LogP contribution in [0.25, 0.3) is 0 Å². The van der Waals surface area contributed by atoms with Gasteiger partial charge in [-0.15, -0.1) is 0 Å². The lowest BCUT2D eigenvalue weighted by atomic mass is 10.0. The fourth-order valence-corrected chi connectivity index (χ4v) is 2.02. The van der Waals surface area contributed by atoms with E-state index in [0.717, 1.165) is 0 Å². The van der Waals surface area contributed by atoms with Crippen molar-refractivity contribution in [3.8, 4) is 0 Å². The second kappa shape index (κ2) is 10.4. The average molecular weight is 336 g/mol. The van der Waals surface area contributed by atoms with Crippen LogP contribution in [0.5, 0.6) is 0 Å². The number of esters is 1. The summed E-state index contributed by atoms with van der Waals surface area (Å²) in [7, 11) is 1.27. The summed E-state index contributed by atoms with van der Waals surface area (Å²) >= 11 is 0. The number of amides is 2. The Hall–Kier alpha value is -2.41. The minimum Gasteiger partial charge on any atom is -0.467 e. The third-order valence-corrected chi connectivity index (χ3v) is 3.05. The molecule has 0 aliphatic heterocycles. The van der Waals surface area contributed by atoms with E-state index in [0.29, 0.717) is 12.1 Å². The van der Waals surface area contributed by atoms with Gasteiger partial charge in [-0.2, -0.15) is 0 Å². The highest BCUT2D eigenvalue weighted by atomic mass is 16.5.